The average Bonchev–Trinajstić information content (AvgIpc) is 2.80. The Bertz CT molecular complexity index is 1020. The zero-order valence-corrected chi connectivity index (χ0v) is 19.8. The Hall–Kier alpha value is -2.58. The number of aryl methyl sites for hydroxylation is 2. The topological polar surface area (TPSA) is 84.9 Å². The number of sulfonamides is 1. The molecule has 8 heteroatoms. The summed E-state index contributed by atoms with van der Waals surface area (Å²) in [7, 11) is -3.45. The van der Waals surface area contributed by atoms with E-state index >= 15 is 0 Å². The van der Waals surface area contributed by atoms with E-state index in [1.807, 2.05) is 32.0 Å². The molecule has 0 unspecified atom stereocenters. The minimum absolute atomic E-state index is 0.225. The number of nitrogens with one attached hydrogen (secondary N) is 1. The molecular formula is C24H32N2O5S. The number of carbonyl (C=O) groups is 1. The average molecular weight is 461 g/mol. The molecule has 0 saturated carbocycles. The van der Waals surface area contributed by atoms with Crippen molar-refractivity contribution in [1.82, 2.24) is 9.62 Å². The Balaban J connectivity index is 1.44. The summed E-state index contributed by atoms with van der Waals surface area (Å²) < 4.78 is 38.4. The van der Waals surface area contributed by atoms with Gasteiger partial charge in [-0.2, -0.15) is 4.31 Å². The van der Waals surface area contributed by atoms with Gasteiger partial charge >= 0.3 is 0 Å². The van der Waals surface area contributed by atoms with E-state index in [9.17, 15) is 13.2 Å². The highest BCUT2D eigenvalue weighted by molar-refractivity contribution is 7.89. The third-order valence-corrected chi connectivity index (χ3v) is 7.38. The van der Waals surface area contributed by atoms with Gasteiger partial charge in [-0.15, -0.1) is 0 Å². The summed E-state index contributed by atoms with van der Waals surface area (Å²) in [5.74, 6) is 1.03. The van der Waals surface area contributed by atoms with Gasteiger partial charge in [-0.05, 0) is 75.1 Å². The van der Waals surface area contributed by atoms with Crippen LogP contribution in [0.1, 0.15) is 37.3 Å². The summed E-state index contributed by atoms with van der Waals surface area (Å²) in [4.78, 5) is 12.6. The fourth-order valence-electron chi connectivity index (χ4n) is 3.53. The third-order valence-electron chi connectivity index (χ3n) is 5.46. The maximum atomic E-state index is 12.7. The van der Waals surface area contributed by atoms with Crippen molar-refractivity contribution in [3.05, 3.63) is 53.6 Å². The fourth-order valence-corrected chi connectivity index (χ4v) is 5.04. The molecule has 2 aromatic rings. The first-order chi connectivity index (χ1) is 15.3. The van der Waals surface area contributed by atoms with Gasteiger partial charge in [0, 0.05) is 13.1 Å². The Morgan fingerprint density at radius 1 is 1.06 bits per heavy atom. The molecule has 1 aliphatic heterocycles. The molecule has 1 heterocycles. The third kappa shape index (κ3) is 6.23. The summed E-state index contributed by atoms with van der Waals surface area (Å²) in [6.45, 7) is 7.35. The highest BCUT2D eigenvalue weighted by atomic mass is 32.2. The van der Waals surface area contributed by atoms with Gasteiger partial charge in [0.25, 0.3) is 5.91 Å². The molecule has 3 rings (SSSR count). The normalized spacial score (nSPS) is 15.7. The van der Waals surface area contributed by atoms with Gasteiger partial charge in [-0.25, -0.2) is 8.42 Å². The van der Waals surface area contributed by atoms with Crippen LogP contribution in [-0.4, -0.2) is 51.0 Å². The molecule has 1 saturated heterocycles. The summed E-state index contributed by atoms with van der Waals surface area (Å²) in [6.07, 6.45) is 2.25. The highest BCUT2D eigenvalue weighted by Gasteiger charge is 2.25. The minimum atomic E-state index is -3.45. The number of hydrogen-bond acceptors (Lipinski definition) is 5. The second kappa shape index (κ2) is 10.8. The first-order valence-electron chi connectivity index (χ1n) is 11.0. The van der Waals surface area contributed by atoms with Crippen LogP contribution < -0.4 is 14.8 Å². The molecule has 1 amide bonds. The van der Waals surface area contributed by atoms with Crippen molar-refractivity contribution >= 4 is 15.9 Å². The predicted octanol–water partition coefficient (Wildman–Crippen LogP) is 3.44. The molecular weight excluding hydrogens is 428 g/mol. The second-order valence-electron chi connectivity index (χ2n) is 8.10. The van der Waals surface area contributed by atoms with Gasteiger partial charge in [-0.3, -0.25) is 4.79 Å². The highest BCUT2D eigenvalue weighted by Crippen LogP contribution is 2.23. The summed E-state index contributed by atoms with van der Waals surface area (Å²) in [5.41, 5.74) is 2.05. The maximum Gasteiger partial charge on any atom is 0.260 e. The Labute approximate surface area is 190 Å². The molecule has 0 radical (unpaired) electrons. The van der Waals surface area contributed by atoms with Crippen molar-refractivity contribution in [2.45, 2.75) is 51.0 Å². The standard InChI is InChI=1S/C24H32N2O5S/c1-18-7-8-19(2)23(17-18)31-20(3)24(27)25-13-16-30-21-9-11-22(12-10-21)32(28,29)26-14-5-4-6-15-26/h7-12,17,20H,4-6,13-16H2,1-3H3,(H,25,27)/t20-/m0/s1. The largest absolute Gasteiger partial charge is 0.492 e. The second-order valence-corrected chi connectivity index (χ2v) is 10.0. The lowest BCUT2D eigenvalue weighted by Crippen LogP contribution is -2.38. The lowest BCUT2D eigenvalue weighted by atomic mass is 10.1. The number of rotatable bonds is 9. The van der Waals surface area contributed by atoms with Crippen LogP contribution in [0, 0.1) is 13.8 Å². The lowest BCUT2D eigenvalue weighted by Gasteiger charge is -2.25. The first-order valence-corrected chi connectivity index (χ1v) is 12.5. The van der Waals surface area contributed by atoms with Crippen LogP contribution in [0.25, 0.3) is 0 Å². The number of ether oxygens (including phenoxy) is 2. The number of piperidine rings is 1. The monoisotopic (exact) mass is 460 g/mol. The molecule has 1 aliphatic rings. The SMILES string of the molecule is Cc1ccc(C)c(O[C@@H](C)C(=O)NCCOc2ccc(S(=O)(=O)N3CCCCC3)cc2)c1. The predicted molar refractivity (Wildman–Crippen MR) is 124 cm³/mol. The zero-order chi connectivity index (χ0) is 23.1. The molecule has 0 aliphatic carbocycles. The van der Waals surface area contributed by atoms with Gasteiger partial charge in [0.2, 0.25) is 10.0 Å². The molecule has 32 heavy (non-hydrogen) atoms. The fraction of sp³-hybridized carbons (Fsp3) is 0.458. The summed E-state index contributed by atoms with van der Waals surface area (Å²) in [5, 5.41) is 2.79. The summed E-state index contributed by atoms with van der Waals surface area (Å²) in [6, 6.07) is 12.3. The van der Waals surface area contributed by atoms with Gasteiger partial charge in [-0.1, -0.05) is 18.6 Å². The smallest absolute Gasteiger partial charge is 0.260 e. The molecule has 1 atom stereocenters. The van der Waals surface area contributed by atoms with Crippen LogP contribution in [0.2, 0.25) is 0 Å². The van der Waals surface area contributed by atoms with E-state index in [1.54, 1.807) is 35.5 Å². The molecule has 0 spiro atoms. The van der Waals surface area contributed by atoms with Crippen molar-refractivity contribution in [1.29, 1.82) is 0 Å². The maximum absolute atomic E-state index is 12.7. The van der Waals surface area contributed by atoms with Crippen LogP contribution in [0.5, 0.6) is 11.5 Å². The number of benzene rings is 2. The van der Waals surface area contributed by atoms with Gasteiger partial charge in [0.1, 0.15) is 18.1 Å². The van der Waals surface area contributed by atoms with Crippen molar-refractivity contribution in [2.24, 2.45) is 0 Å². The van der Waals surface area contributed by atoms with Crippen LogP contribution >= 0.6 is 0 Å². The van der Waals surface area contributed by atoms with E-state index in [-0.39, 0.29) is 17.4 Å². The van der Waals surface area contributed by atoms with E-state index in [2.05, 4.69) is 5.32 Å². The quantitative estimate of drug-likeness (QED) is 0.580. The van der Waals surface area contributed by atoms with Crippen LogP contribution in [0.3, 0.4) is 0 Å². The Morgan fingerprint density at radius 2 is 1.75 bits per heavy atom. The van der Waals surface area contributed by atoms with Crippen LogP contribution in [-0.2, 0) is 14.8 Å². The molecule has 0 bridgehead atoms. The number of amides is 1. The van der Waals surface area contributed by atoms with Crippen LogP contribution in [0.15, 0.2) is 47.4 Å². The van der Waals surface area contributed by atoms with Crippen molar-refractivity contribution in [3.8, 4) is 11.5 Å². The Kier molecular flexibility index (Phi) is 8.15. The van der Waals surface area contributed by atoms with Crippen molar-refractivity contribution in [2.75, 3.05) is 26.2 Å². The van der Waals surface area contributed by atoms with E-state index in [4.69, 9.17) is 9.47 Å². The lowest BCUT2D eigenvalue weighted by molar-refractivity contribution is -0.127. The molecule has 174 valence electrons. The molecule has 1 N–H and O–H groups in total. The number of nitrogens with zero attached hydrogens (tertiary/aromatic N) is 1. The van der Waals surface area contributed by atoms with Crippen molar-refractivity contribution < 1.29 is 22.7 Å². The Morgan fingerprint density at radius 3 is 2.44 bits per heavy atom. The van der Waals surface area contributed by atoms with Gasteiger partial charge in [0.05, 0.1) is 11.4 Å². The van der Waals surface area contributed by atoms with E-state index < -0.39 is 16.1 Å². The molecule has 0 aromatic heterocycles. The van der Waals surface area contributed by atoms with E-state index in [1.165, 1.54) is 0 Å². The van der Waals surface area contributed by atoms with Crippen LogP contribution in [0.4, 0.5) is 0 Å². The molecule has 2 aromatic carbocycles. The van der Waals surface area contributed by atoms with Gasteiger partial charge < -0.3 is 14.8 Å². The van der Waals surface area contributed by atoms with Gasteiger partial charge in [0.15, 0.2) is 6.10 Å². The summed E-state index contributed by atoms with van der Waals surface area (Å²) >= 11 is 0. The van der Waals surface area contributed by atoms with E-state index in [0.29, 0.717) is 31.1 Å². The van der Waals surface area contributed by atoms with E-state index in [0.717, 1.165) is 30.4 Å². The zero-order valence-electron chi connectivity index (χ0n) is 19.0. The number of carbonyl (C=O) groups excluding carboxylic acids is 1. The molecule has 7 nitrogen and oxygen atoms in total. The molecule has 1 fully saturated rings. The van der Waals surface area contributed by atoms with Crippen molar-refractivity contribution in [3.63, 3.8) is 0 Å². The first kappa shape index (κ1) is 24.1. The number of hydrogen-bond donors (Lipinski definition) is 1. The minimum Gasteiger partial charge on any atom is -0.492 e.